The first kappa shape index (κ1) is 12.2. The van der Waals surface area contributed by atoms with Crippen molar-refractivity contribution in [2.24, 2.45) is 5.92 Å². The zero-order chi connectivity index (χ0) is 12.4. The number of hydrogen-bond acceptors (Lipinski definition) is 4. The van der Waals surface area contributed by atoms with E-state index in [4.69, 9.17) is 5.41 Å². The Bertz CT molecular complexity index is 569. The standard InChI is InChI=1S/C11H17N5S/c1-7(2)4-5-16-9(12)8-10(14-6-13-8)15-11(16)17-3/h6-7,12H,4-5H2,1-3H3,(H,13,14). The highest BCUT2D eigenvalue weighted by Crippen LogP contribution is 2.14. The van der Waals surface area contributed by atoms with Crippen molar-refractivity contribution in [1.29, 1.82) is 5.41 Å². The van der Waals surface area contributed by atoms with Crippen molar-refractivity contribution in [3.05, 3.63) is 11.8 Å². The maximum Gasteiger partial charge on any atom is 0.183 e. The Balaban J connectivity index is 2.50. The quantitative estimate of drug-likeness (QED) is 0.645. The summed E-state index contributed by atoms with van der Waals surface area (Å²) < 4.78 is 1.95. The van der Waals surface area contributed by atoms with Gasteiger partial charge in [0.1, 0.15) is 5.52 Å². The molecule has 0 amide bonds. The number of hydrogen-bond donors (Lipinski definition) is 2. The molecule has 0 radical (unpaired) electrons. The summed E-state index contributed by atoms with van der Waals surface area (Å²) in [6.45, 7) is 5.20. The molecule has 0 saturated heterocycles. The fraction of sp³-hybridized carbons (Fsp3) is 0.545. The smallest absolute Gasteiger partial charge is 0.183 e. The minimum absolute atomic E-state index is 0.470. The molecule has 0 fully saturated rings. The summed E-state index contributed by atoms with van der Waals surface area (Å²) in [6.07, 6.45) is 4.62. The summed E-state index contributed by atoms with van der Waals surface area (Å²) in [4.78, 5) is 11.5. The van der Waals surface area contributed by atoms with Crippen LogP contribution in [0.3, 0.4) is 0 Å². The minimum Gasteiger partial charge on any atom is -0.340 e. The van der Waals surface area contributed by atoms with Gasteiger partial charge in [0.15, 0.2) is 16.3 Å². The third-order valence-corrected chi connectivity index (χ3v) is 3.35. The van der Waals surface area contributed by atoms with Crippen molar-refractivity contribution in [3.8, 4) is 0 Å². The second-order valence-electron chi connectivity index (χ2n) is 4.38. The molecule has 2 aromatic rings. The Morgan fingerprint density at radius 2 is 2.29 bits per heavy atom. The Kier molecular flexibility index (Phi) is 3.51. The Labute approximate surface area is 104 Å². The number of H-pyrrole nitrogens is 1. The van der Waals surface area contributed by atoms with E-state index < -0.39 is 0 Å². The number of imidazole rings is 1. The molecule has 0 aliphatic carbocycles. The van der Waals surface area contributed by atoms with Crippen LogP contribution in [0.1, 0.15) is 20.3 Å². The molecule has 0 saturated carbocycles. The topological polar surface area (TPSA) is 70.3 Å². The largest absolute Gasteiger partial charge is 0.340 e. The van der Waals surface area contributed by atoms with Gasteiger partial charge in [0, 0.05) is 6.54 Å². The summed E-state index contributed by atoms with van der Waals surface area (Å²) in [5, 5.41) is 9.04. The van der Waals surface area contributed by atoms with Gasteiger partial charge in [-0.2, -0.15) is 0 Å². The molecular weight excluding hydrogens is 234 g/mol. The molecule has 2 N–H and O–H groups in total. The Hall–Kier alpha value is -1.30. The molecule has 0 aromatic carbocycles. The Morgan fingerprint density at radius 1 is 1.53 bits per heavy atom. The molecular formula is C11H17N5S. The van der Waals surface area contributed by atoms with Crippen LogP contribution in [0.5, 0.6) is 0 Å². The van der Waals surface area contributed by atoms with E-state index in [-0.39, 0.29) is 0 Å². The second-order valence-corrected chi connectivity index (χ2v) is 5.16. The SMILES string of the molecule is CSc1nc2nc[nH]c2c(=N)n1CCC(C)C. The average Bonchev–Trinajstić information content (AvgIpc) is 2.75. The lowest BCUT2D eigenvalue weighted by molar-refractivity contribution is 0.475. The monoisotopic (exact) mass is 251 g/mol. The van der Waals surface area contributed by atoms with E-state index in [1.54, 1.807) is 18.1 Å². The van der Waals surface area contributed by atoms with Crippen molar-refractivity contribution >= 4 is 22.9 Å². The third-order valence-electron chi connectivity index (χ3n) is 2.67. The third kappa shape index (κ3) is 2.36. The molecule has 92 valence electrons. The van der Waals surface area contributed by atoms with E-state index in [9.17, 15) is 0 Å². The molecule has 2 aromatic heterocycles. The lowest BCUT2D eigenvalue weighted by Crippen LogP contribution is -2.24. The number of nitrogens with one attached hydrogen (secondary N) is 2. The summed E-state index contributed by atoms with van der Waals surface area (Å²) in [5.74, 6) is 0.620. The molecule has 17 heavy (non-hydrogen) atoms. The van der Waals surface area contributed by atoms with Gasteiger partial charge in [0.05, 0.1) is 6.33 Å². The Morgan fingerprint density at radius 3 is 2.94 bits per heavy atom. The minimum atomic E-state index is 0.470. The summed E-state index contributed by atoms with van der Waals surface area (Å²) >= 11 is 1.56. The van der Waals surface area contributed by atoms with Crippen LogP contribution >= 0.6 is 11.8 Å². The lowest BCUT2D eigenvalue weighted by atomic mass is 10.1. The average molecular weight is 251 g/mol. The van der Waals surface area contributed by atoms with Crippen molar-refractivity contribution in [2.75, 3.05) is 6.26 Å². The number of nitrogens with zero attached hydrogens (tertiary/aromatic N) is 3. The first-order valence-corrected chi connectivity index (χ1v) is 6.88. The number of aromatic amines is 1. The maximum atomic E-state index is 8.18. The molecule has 0 bridgehead atoms. The summed E-state index contributed by atoms with van der Waals surface area (Å²) in [6, 6.07) is 0. The van der Waals surface area contributed by atoms with Gasteiger partial charge in [-0.1, -0.05) is 25.6 Å². The van der Waals surface area contributed by atoms with E-state index in [0.29, 0.717) is 22.6 Å². The zero-order valence-electron chi connectivity index (χ0n) is 10.3. The summed E-state index contributed by atoms with van der Waals surface area (Å²) in [7, 11) is 0. The highest BCUT2D eigenvalue weighted by molar-refractivity contribution is 7.98. The van der Waals surface area contributed by atoms with E-state index in [0.717, 1.165) is 18.1 Å². The van der Waals surface area contributed by atoms with Crippen LogP contribution < -0.4 is 5.49 Å². The van der Waals surface area contributed by atoms with Gasteiger partial charge in [0.2, 0.25) is 0 Å². The van der Waals surface area contributed by atoms with E-state index in [1.807, 2.05) is 10.8 Å². The molecule has 2 rings (SSSR count). The number of rotatable bonds is 4. The van der Waals surface area contributed by atoms with Crippen LogP contribution in [-0.2, 0) is 6.54 Å². The number of aromatic nitrogens is 4. The molecule has 0 spiro atoms. The summed E-state index contributed by atoms with van der Waals surface area (Å²) in [5.41, 5.74) is 1.81. The van der Waals surface area contributed by atoms with Crippen LogP contribution in [0.25, 0.3) is 11.2 Å². The van der Waals surface area contributed by atoms with Crippen LogP contribution in [-0.4, -0.2) is 25.8 Å². The normalized spacial score (nSPS) is 11.5. The molecule has 0 unspecified atom stereocenters. The van der Waals surface area contributed by atoms with E-state index in [2.05, 4.69) is 28.8 Å². The van der Waals surface area contributed by atoms with E-state index in [1.165, 1.54) is 0 Å². The van der Waals surface area contributed by atoms with Crippen LogP contribution in [0.4, 0.5) is 0 Å². The first-order chi connectivity index (χ1) is 8.13. The van der Waals surface area contributed by atoms with Gasteiger partial charge >= 0.3 is 0 Å². The molecule has 0 aliphatic rings. The molecule has 0 aliphatic heterocycles. The molecule has 2 heterocycles. The zero-order valence-corrected chi connectivity index (χ0v) is 11.1. The van der Waals surface area contributed by atoms with Crippen LogP contribution in [0.2, 0.25) is 0 Å². The molecule has 5 nitrogen and oxygen atoms in total. The maximum absolute atomic E-state index is 8.18. The number of thioether (sulfide) groups is 1. The van der Waals surface area contributed by atoms with Crippen molar-refractivity contribution in [2.45, 2.75) is 32.0 Å². The van der Waals surface area contributed by atoms with Crippen molar-refractivity contribution in [3.63, 3.8) is 0 Å². The lowest BCUT2D eigenvalue weighted by Gasteiger charge is -2.12. The first-order valence-electron chi connectivity index (χ1n) is 5.66. The highest BCUT2D eigenvalue weighted by Gasteiger charge is 2.09. The van der Waals surface area contributed by atoms with Crippen molar-refractivity contribution < 1.29 is 0 Å². The predicted molar refractivity (Wildman–Crippen MR) is 69.0 cm³/mol. The fourth-order valence-corrected chi connectivity index (χ4v) is 2.26. The fourth-order valence-electron chi connectivity index (χ4n) is 1.68. The second kappa shape index (κ2) is 4.91. The van der Waals surface area contributed by atoms with Gasteiger partial charge in [-0.15, -0.1) is 0 Å². The van der Waals surface area contributed by atoms with Gasteiger partial charge in [-0.3, -0.25) is 5.41 Å². The number of fused-ring (bicyclic) bond motifs is 1. The van der Waals surface area contributed by atoms with Gasteiger partial charge in [-0.05, 0) is 18.6 Å². The predicted octanol–water partition coefficient (Wildman–Crippen LogP) is 2.01. The van der Waals surface area contributed by atoms with Crippen LogP contribution in [0.15, 0.2) is 11.5 Å². The van der Waals surface area contributed by atoms with E-state index >= 15 is 0 Å². The molecule has 6 heteroatoms. The van der Waals surface area contributed by atoms with Gasteiger partial charge < -0.3 is 9.55 Å². The highest BCUT2D eigenvalue weighted by atomic mass is 32.2. The van der Waals surface area contributed by atoms with Crippen LogP contribution in [0, 0.1) is 11.3 Å². The van der Waals surface area contributed by atoms with Crippen molar-refractivity contribution in [1.82, 2.24) is 19.5 Å². The molecule has 0 atom stereocenters. The van der Waals surface area contributed by atoms with Gasteiger partial charge in [-0.25, -0.2) is 9.97 Å². The van der Waals surface area contributed by atoms with Gasteiger partial charge in [0.25, 0.3) is 0 Å².